The molecule has 0 saturated heterocycles. The molecule has 1 aliphatic heterocycles. The number of anilines is 1. The number of ketones is 1. The zero-order valence-electron chi connectivity index (χ0n) is 17.8. The number of nitrogens with zero attached hydrogens (tertiary/aromatic N) is 3. The van der Waals surface area contributed by atoms with Crippen LogP contribution in [0.15, 0.2) is 77.3 Å². The van der Waals surface area contributed by atoms with E-state index in [9.17, 15) is 20.2 Å². The molecular formula is C24H23N5O3. The van der Waals surface area contributed by atoms with Crippen LogP contribution < -0.4 is 11.2 Å². The molecule has 0 spiro atoms. The number of Topliss-reactive ketones (excluding diaryl/α,β-unsaturated/α-hetero) is 1. The van der Waals surface area contributed by atoms with E-state index in [1.54, 1.807) is 17.1 Å². The summed E-state index contributed by atoms with van der Waals surface area (Å²) in [5.41, 5.74) is 12.2. The molecule has 0 aromatic heterocycles. The Hall–Kier alpha value is -4.12. The van der Waals surface area contributed by atoms with Crippen LogP contribution in [0.1, 0.15) is 38.2 Å². The number of nitro benzene ring substituents is 1. The lowest BCUT2D eigenvalue weighted by molar-refractivity contribution is -0.384. The van der Waals surface area contributed by atoms with Crippen molar-refractivity contribution in [1.29, 1.82) is 5.26 Å². The summed E-state index contributed by atoms with van der Waals surface area (Å²) in [4.78, 5) is 24.0. The van der Waals surface area contributed by atoms with Crippen LogP contribution >= 0.6 is 0 Å². The molecule has 2 aromatic rings. The lowest BCUT2D eigenvalue weighted by atomic mass is 9.69. The Kier molecular flexibility index (Phi) is 5.18. The Morgan fingerprint density at radius 3 is 2.41 bits per heavy atom. The first-order valence-electron chi connectivity index (χ1n) is 10.2. The van der Waals surface area contributed by atoms with E-state index in [2.05, 4.69) is 11.5 Å². The lowest BCUT2D eigenvalue weighted by Gasteiger charge is -2.43. The van der Waals surface area contributed by atoms with E-state index in [1.807, 2.05) is 44.2 Å². The fourth-order valence-electron chi connectivity index (χ4n) is 4.40. The highest BCUT2D eigenvalue weighted by Gasteiger charge is 2.44. The molecule has 0 fully saturated rings. The molecule has 32 heavy (non-hydrogen) atoms. The summed E-state index contributed by atoms with van der Waals surface area (Å²) in [6.45, 7) is 4.05. The van der Waals surface area contributed by atoms with Crippen molar-refractivity contribution >= 4 is 17.2 Å². The molecule has 0 radical (unpaired) electrons. The molecular weight excluding hydrogens is 406 g/mol. The number of nitrogens with two attached hydrogens (primary N) is 1. The second-order valence-electron chi connectivity index (χ2n) is 8.81. The highest BCUT2D eigenvalue weighted by atomic mass is 16.6. The average molecular weight is 429 g/mol. The number of non-ortho nitro benzene ring substituents is 1. The van der Waals surface area contributed by atoms with Gasteiger partial charge in [0.1, 0.15) is 5.82 Å². The van der Waals surface area contributed by atoms with Crippen LogP contribution in [0.2, 0.25) is 0 Å². The number of hydrogen-bond donors (Lipinski definition) is 2. The van der Waals surface area contributed by atoms with E-state index < -0.39 is 10.8 Å². The van der Waals surface area contributed by atoms with Gasteiger partial charge in [0.15, 0.2) is 5.78 Å². The zero-order valence-corrected chi connectivity index (χ0v) is 17.8. The minimum atomic E-state index is -0.673. The largest absolute Gasteiger partial charge is 0.383 e. The van der Waals surface area contributed by atoms with Crippen molar-refractivity contribution < 1.29 is 9.72 Å². The number of nitrogens with one attached hydrogen (secondary N) is 1. The molecule has 0 unspecified atom stereocenters. The maximum atomic E-state index is 13.4. The quantitative estimate of drug-likeness (QED) is 0.546. The molecule has 1 aliphatic carbocycles. The van der Waals surface area contributed by atoms with Crippen molar-refractivity contribution in [2.45, 2.75) is 32.6 Å². The van der Waals surface area contributed by atoms with Gasteiger partial charge in [0.05, 0.1) is 33.9 Å². The third-order valence-corrected chi connectivity index (χ3v) is 5.83. The van der Waals surface area contributed by atoms with E-state index in [0.29, 0.717) is 24.0 Å². The number of hydrogen-bond acceptors (Lipinski definition) is 7. The third kappa shape index (κ3) is 3.69. The van der Waals surface area contributed by atoms with Gasteiger partial charge in [-0.1, -0.05) is 44.2 Å². The van der Waals surface area contributed by atoms with Gasteiger partial charge in [0.2, 0.25) is 0 Å². The first-order chi connectivity index (χ1) is 15.2. The third-order valence-electron chi connectivity index (χ3n) is 5.83. The number of carbonyl (C=O) groups is 1. The summed E-state index contributed by atoms with van der Waals surface area (Å²) in [5, 5.41) is 22.7. The highest BCUT2D eigenvalue weighted by Crippen LogP contribution is 2.49. The molecule has 0 amide bonds. The Bertz CT molecular complexity index is 1190. The van der Waals surface area contributed by atoms with E-state index in [1.165, 1.54) is 12.1 Å². The van der Waals surface area contributed by atoms with Crippen LogP contribution in [0.3, 0.4) is 0 Å². The molecule has 8 heteroatoms. The predicted molar refractivity (Wildman–Crippen MR) is 120 cm³/mol. The van der Waals surface area contributed by atoms with Crippen molar-refractivity contribution in [2.75, 3.05) is 5.43 Å². The van der Waals surface area contributed by atoms with Crippen LogP contribution in [0.25, 0.3) is 0 Å². The first kappa shape index (κ1) is 21.1. The van der Waals surface area contributed by atoms with Gasteiger partial charge >= 0.3 is 0 Å². The van der Waals surface area contributed by atoms with Gasteiger partial charge in [-0.2, -0.15) is 5.26 Å². The standard InChI is InChI=1S/C24H23N5O3/c1-24(2)12-19-22(20(30)13-24)21(15-8-10-17(11-9-15)29(31)32)18(14-25)23(26)28(19)27-16-6-4-3-5-7-16/h3-11,21,27H,12-13,26H2,1-2H3/t21-/m0/s1. The van der Waals surface area contributed by atoms with Crippen molar-refractivity contribution in [2.24, 2.45) is 11.1 Å². The number of hydrazine groups is 1. The van der Waals surface area contributed by atoms with Gasteiger partial charge in [0.25, 0.3) is 5.69 Å². The molecule has 2 aromatic carbocycles. The molecule has 3 N–H and O–H groups in total. The zero-order chi connectivity index (χ0) is 23.0. The molecule has 162 valence electrons. The predicted octanol–water partition coefficient (Wildman–Crippen LogP) is 4.36. The van der Waals surface area contributed by atoms with Gasteiger partial charge in [-0.3, -0.25) is 20.3 Å². The van der Waals surface area contributed by atoms with Gasteiger partial charge in [-0.15, -0.1) is 0 Å². The first-order valence-corrected chi connectivity index (χ1v) is 10.2. The van der Waals surface area contributed by atoms with E-state index >= 15 is 0 Å². The normalized spacial score (nSPS) is 20.0. The lowest BCUT2D eigenvalue weighted by Crippen LogP contribution is -2.44. The number of carbonyl (C=O) groups excluding carboxylic acids is 1. The molecule has 8 nitrogen and oxygen atoms in total. The average Bonchev–Trinajstić information content (AvgIpc) is 2.75. The number of rotatable bonds is 4. The second kappa shape index (κ2) is 7.85. The molecule has 2 aliphatic rings. The maximum absolute atomic E-state index is 13.4. The van der Waals surface area contributed by atoms with Crippen molar-refractivity contribution in [3.8, 4) is 6.07 Å². The number of nitriles is 1. The fraction of sp³-hybridized carbons (Fsp3) is 0.250. The van der Waals surface area contributed by atoms with Crippen LogP contribution in [-0.2, 0) is 4.79 Å². The van der Waals surface area contributed by atoms with E-state index in [0.717, 1.165) is 11.4 Å². The summed E-state index contributed by atoms with van der Waals surface area (Å²) in [6, 6.07) is 17.5. The summed E-state index contributed by atoms with van der Waals surface area (Å²) >= 11 is 0. The summed E-state index contributed by atoms with van der Waals surface area (Å²) in [5.74, 6) is -0.517. The summed E-state index contributed by atoms with van der Waals surface area (Å²) < 4.78 is 0. The van der Waals surface area contributed by atoms with Gasteiger partial charge in [0, 0.05) is 24.1 Å². The van der Waals surface area contributed by atoms with Gasteiger partial charge in [-0.05, 0) is 29.5 Å². The number of benzene rings is 2. The smallest absolute Gasteiger partial charge is 0.269 e. The Balaban J connectivity index is 1.89. The minimum absolute atomic E-state index is 0.0558. The van der Waals surface area contributed by atoms with Gasteiger partial charge in [-0.25, -0.2) is 5.01 Å². The molecule has 0 bridgehead atoms. The van der Waals surface area contributed by atoms with Gasteiger partial charge < -0.3 is 5.73 Å². The van der Waals surface area contributed by atoms with E-state index in [4.69, 9.17) is 5.73 Å². The minimum Gasteiger partial charge on any atom is -0.383 e. The van der Waals surface area contributed by atoms with Crippen molar-refractivity contribution in [1.82, 2.24) is 5.01 Å². The molecule has 4 rings (SSSR count). The van der Waals surface area contributed by atoms with Crippen LogP contribution in [0, 0.1) is 26.9 Å². The Morgan fingerprint density at radius 1 is 1.16 bits per heavy atom. The number of para-hydroxylation sites is 1. The number of nitro groups is 1. The van der Waals surface area contributed by atoms with Crippen LogP contribution in [-0.4, -0.2) is 15.7 Å². The van der Waals surface area contributed by atoms with Crippen LogP contribution in [0.4, 0.5) is 11.4 Å². The molecule has 0 saturated carbocycles. The maximum Gasteiger partial charge on any atom is 0.269 e. The number of allylic oxidation sites excluding steroid dienone is 3. The SMILES string of the molecule is CC1(C)CC(=O)C2=C(C1)N(Nc1ccccc1)C(N)=C(C#N)[C@@H]2c1ccc([N+](=O)[O-])cc1. The monoisotopic (exact) mass is 429 g/mol. The second-order valence-corrected chi connectivity index (χ2v) is 8.81. The molecule has 1 atom stereocenters. The Morgan fingerprint density at radius 2 is 1.81 bits per heavy atom. The topological polar surface area (TPSA) is 125 Å². The highest BCUT2D eigenvalue weighted by molar-refractivity contribution is 6.00. The van der Waals surface area contributed by atoms with Crippen LogP contribution in [0.5, 0.6) is 0 Å². The molecule has 1 heterocycles. The Labute approximate surface area is 185 Å². The summed E-state index contributed by atoms with van der Waals surface area (Å²) in [6.07, 6.45) is 0.921. The van der Waals surface area contributed by atoms with E-state index in [-0.39, 0.29) is 28.3 Å². The van der Waals surface area contributed by atoms with Crippen molar-refractivity contribution in [3.05, 3.63) is 92.9 Å². The van der Waals surface area contributed by atoms with Crippen molar-refractivity contribution in [3.63, 3.8) is 0 Å². The fourth-order valence-corrected chi connectivity index (χ4v) is 4.40. The summed E-state index contributed by atoms with van der Waals surface area (Å²) in [7, 11) is 0.